The molecule has 0 aromatic carbocycles. The van der Waals surface area contributed by atoms with Gasteiger partial charge in [-0.15, -0.1) is 10.2 Å². The van der Waals surface area contributed by atoms with Gasteiger partial charge in [-0.1, -0.05) is 6.07 Å². The summed E-state index contributed by atoms with van der Waals surface area (Å²) in [5, 5.41) is 12.1. The predicted octanol–water partition coefficient (Wildman–Crippen LogP) is 3.12. The lowest BCUT2D eigenvalue weighted by Gasteiger charge is -2.32. The quantitative estimate of drug-likeness (QED) is 0.522. The molecule has 1 N–H and O–H groups in total. The number of H-pyrrole nitrogens is 1. The molecule has 1 aliphatic heterocycles. The van der Waals surface area contributed by atoms with Crippen LogP contribution in [-0.4, -0.2) is 47.1 Å². The molecule has 1 fully saturated rings. The molecule has 6 rings (SSSR count). The van der Waals surface area contributed by atoms with E-state index in [9.17, 15) is 18.0 Å². The highest BCUT2D eigenvalue weighted by atomic mass is 19.4. The third kappa shape index (κ3) is 2.97. The van der Waals surface area contributed by atoms with Gasteiger partial charge in [0.1, 0.15) is 11.7 Å². The topological polar surface area (TPSA) is 105 Å². The summed E-state index contributed by atoms with van der Waals surface area (Å²) in [6.45, 7) is 0.292. The molecule has 0 radical (unpaired) electrons. The number of carbonyl (C=O) groups is 1. The molecule has 1 unspecified atom stereocenters. The van der Waals surface area contributed by atoms with Crippen molar-refractivity contribution in [2.75, 3.05) is 6.54 Å². The van der Waals surface area contributed by atoms with Crippen molar-refractivity contribution in [1.29, 1.82) is 0 Å². The zero-order valence-corrected chi connectivity index (χ0v) is 16.5. The number of imidazole rings is 1. The number of pyridine rings is 1. The van der Waals surface area contributed by atoms with E-state index in [1.807, 2.05) is 0 Å². The highest BCUT2D eigenvalue weighted by molar-refractivity contribution is 5.90. The van der Waals surface area contributed by atoms with E-state index in [1.54, 1.807) is 0 Å². The van der Waals surface area contributed by atoms with Gasteiger partial charge in [0.2, 0.25) is 5.89 Å². The van der Waals surface area contributed by atoms with Crippen molar-refractivity contribution < 1.29 is 22.4 Å². The Hall–Kier alpha value is -3.70. The van der Waals surface area contributed by atoms with Crippen molar-refractivity contribution in [3.05, 3.63) is 65.1 Å². The molecule has 1 atom stereocenters. The van der Waals surface area contributed by atoms with Crippen molar-refractivity contribution in [3.8, 4) is 0 Å². The molecule has 1 aliphatic carbocycles. The predicted molar refractivity (Wildman–Crippen MR) is 102 cm³/mol. The number of aromatic amines is 1. The summed E-state index contributed by atoms with van der Waals surface area (Å²) in [7, 11) is 0. The first-order valence-electron chi connectivity index (χ1n) is 10.1. The normalized spacial score (nSPS) is 18.8. The number of alkyl halides is 3. The van der Waals surface area contributed by atoms with E-state index in [-0.39, 0.29) is 23.0 Å². The van der Waals surface area contributed by atoms with Crippen LogP contribution in [0.5, 0.6) is 0 Å². The third-order valence-electron chi connectivity index (χ3n) is 5.81. The largest absolute Gasteiger partial charge is 0.433 e. The summed E-state index contributed by atoms with van der Waals surface area (Å²) in [5.41, 5.74) is 0.965. The summed E-state index contributed by atoms with van der Waals surface area (Å²) < 4.78 is 46.9. The van der Waals surface area contributed by atoms with Gasteiger partial charge < -0.3 is 14.3 Å². The number of aromatic nitrogens is 6. The van der Waals surface area contributed by atoms with Gasteiger partial charge in [-0.25, -0.2) is 9.50 Å². The highest BCUT2D eigenvalue weighted by Crippen LogP contribution is 2.40. The second-order valence-corrected chi connectivity index (χ2v) is 7.95. The average molecular weight is 443 g/mol. The Labute approximate surface area is 178 Å². The second kappa shape index (κ2) is 6.65. The van der Waals surface area contributed by atoms with E-state index in [0.717, 1.165) is 29.1 Å². The maximum absolute atomic E-state index is 13.5. The minimum atomic E-state index is -4.58. The van der Waals surface area contributed by atoms with Gasteiger partial charge in [-0.05, 0) is 31.0 Å². The van der Waals surface area contributed by atoms with Gasteiger partial charge in [0.25, 0.3) is 0 Å². The average Bonchev–Trinajstić information content (AvgIpc) is 3.18. The summed E-state index contributed by atoms with van der Waals surface area (Å²) in [4.78, 5) is 22.1. The molecule has 4 aromatic rings. The Balaban J connectivity index is 1.45. The van der Waals surface area contributed by atoms with Crippen molar-refractivity contribution in [3.63, 3.8) is 0 Å². The van der Waals surface area contributed by atoms with Crippen LogP contribution < -0.4 is 0 Å². The Bertz CT molecular complexity index is 1330. The monoisotopic (exact) mass is 443 g/mol. The number of nitrogens with zero attached hydrogens (tertiary/aromatic N) is 6. The van der Waals surface area contributed by atoms with Crippen molar-refractivity contribution in [2.24, 2.45) is 0 Å². The third-order valence-corrected chi connectivity index (χ3v) is 5.81. The number of fused-ring (bicyclic) bond motifs is 2. The molecule has 4 aromatic heterocycles. The molecule has 1 saturated carbocycles. The molecular formula is C20H16F3N7O2. The van der Waals surface area contributed by atoms with E-state index in [2.05, 4.69) is 25.3 Å². The Morgan fingerprint density at radius 3 is 2.84 bits per heavy atom. The van der Waals surface area contributed by atoms with E-state index < -0.39 is 23.8 Å². The van der Waals surface area contributed by atoms with Crippen LogP contribution in [0, 0.1) is 0 Å². The molecule has 0 bridgehead atoms. The van der Waals surface area contributed by atoms with Crippen LogP contribution in [0.4, 0.5) is 13.2 Å². The van der Waals surface area contributed by atoms with E-state index in [1.165, 1.54) is 29.4 Å². The van der Waals surface area contributed by atoms with E-state index >= 15 is 0 Å². The Morgan fingerprint density at radius 1 is 1.22 bits per heavy atom. The number of nitrogens with one attached hydrogen (secondary N) is 1. The number of carbonyl (C=O) groups excluding carboxylic acids is 1. The molecular weight excluding hydrogens is 427 g/mol. The van der Waals surface area contributed by atoms with Gasteiger partial charge in [-0.2, -0.15) is 18.3 Å². The minimum Gasteiger partial charge on any atom is -0.417 e. The minimum absolute atomic E-state index is 0.143. The van der Waals surface area contributed by atoms with E-state index in [4.69, 9.17) is 4.42 Å². The Morgan fingerprint density at radius 2 is 2.06 bits per heavy atom. The van der Waals surface area contributed by atoms with Gasteiger partial charge in [0.15, 0.2) is 0 Å². The summed E-state index contributed by atoms with van der Waals surface area (Å²) in [6, 6.07) is 4.56. The highest BCUT2D eigenvalue weighted by Gasteiger charge is 2.40. The molecule has 1 amide bonds. The van der Waals surface area contributed by atoms with Crippen molar-refractivity contribution in [1.82, 2.24) is 34.7 Å². The van der Waals surface area contributed by atoms with E-state index in [0.29, 0.717) is 24.6 Å². The SMILES string of the molecule is O=C(c1nnc(C2CC2)o1)N1CCc2[nH]cnc2C1c1cc2cccc(C(F)(F)F)n2n1. The smallest absolute Gasteiger partial charge is 0.417 e. The summed E-state index contributed by atoms with van der Waals surface area (Å²) >= 11 is 0. The fraction of sp³-hybridized carbons (Fsp3) is 0.350. The Kier molecular flexibility index (Phi) is 3.95. The fourth-order valence-electron chi connectivity index (χ4n) is 4.12. The van der Waals surface area contributed by atoms with Crippen molar-refractivity contribution >= 4 is 11.4 Å². The first-order valence-corrected chi connectivity index (χ1v) is 10.1. The molecule has 9 nitrogen and oxygen atoms in total. The lowest BCUT2D eigenvalue weighted by atomic mass is 9.99. The van der Waals surface area contributed by atoms with Crippen LogP contribution in [0.3, 0.4) is 0 Å². The first-order chi connectivity index (χ1) is 15.4. The number of rotatable bonds is 3. The van der Waals surface area contributed by atoms with Crippen LogP contribution in [0.15, 0.2) is 35.0 Å². The van der Waals surface area contributed by atoms with Crippen LogP contribution in [0.25, 0.3) is 5.52 Å². The molecule has 0 spiro atoms. The van der Waals surface area contributed by atoms with Crippen molar-refractivity contribution in [2.45, 2.75) is 37.4 Å². The summed E-state index contributed by atoms with van der Waals surface area (Å²) in [6.07, 6.45) is -0.683. The van der Waals surface area contributed by atoms with Gasteiger partial charge in [0, 0.05) is 24.6 Å². The standard InChI is InChI=1S/C20H16F3N7O2/c21-20(22,23)14-3-1-2-11-8-13(28-30(11)14)16-15-12(24-9-25-15)6-7-29(16)19(31)18-27-26-17(32-18)10-4-5-10/h1-3,8-10,16H,4-7H2,(H,24,25). The first kappa shape index (κ1) is 19.0. The molecule has 5 heterocycles. The molecule has 2 aliphatic rings. The summed E-state index contributed by atoms with van der Waals surface area (Å²) in [5.74, 6) is -0.0185. The van der Waals surface area contributed by atoms with Crippen LogP contribution in [0.2, 0.25) is 0 Å². The number of amides is 1. The van der Waals surface area contributed by atoms with Crippen LogP contribution in [0.1, 0.15) is 64.2 Å². The molecule has 32 heavy (non-hydrogen) atoms. The lowest BCUT2D eigenvalue weighted by Crippen LogP contribution is -2.41. The molecule has 0 saturated heterocycles. The molecule has 164 valence electrons. The maximum Gasteiger partial charge on any atom is 0.433 e. The number of hydrogen-bond donors (Lipinski definition) is 1. The zero-order valence-electron chi connectivity index (χ0n) is 16.5. The fourth-order valence-corrected chi connectivity index (χ4v) is 4.12. The zero-order chi connectivity index (χ0) is 22.0. The maximum atomic E-state index is 13.5. The lowest BCUT2D eigenvalue weighted by molar-refractivity contribution is -0.142. The number of hydrogen-bond acceptors (Lipinski definition) is 6. The second-order valence-electron chi connectivity index (χ2n) is 7.95. The van der Waals surface area contributed by atoms with Gasteiger partial charge in [0.05, 0.1) is 23.2 Å². The van der Waals surface area contributed by atoms with Crippen LogP contribution in [-0.2, 0) is 12.6 Å². The van der Waals surface area contributed by atoms with Gasteiger partial charge >= 0.3 is 18.0 Å². The van der Waals surface area contributed by atoms with Gasteiger partial charge in [-0.3, -0.25) is 4.79 Å². The number of halogens is 3. The van der Waals surface area contributed by atoms with Crippen LogP contribution >= 0.6 is 0 Å². The molecule has 12 heteroatoms.